The summed E-state index contributed by atoms with van der Waals surface area (Å²) in [7, 11) is 1.08. The smallest absolute Gasteiger partial charge is 0.428 e. The Balaban J connectivity index is 2.06. The second-order valence-corrected chi connectivity index (χ2v) is 7.03. The summed E-state index contributed by atoms with van der Waals surface area (Å²) in [4.78, 5) is 13.5. The summed E-state index contributed by atoms with van der Waals surface area (Å²) in [5.74, 6) is -0.733. The average molecular weight is 485 g/mol. The molecule has 0 unspecified atom stereocenters. The van der Waals surface area contributed by atoms with Gasteiger partial charge in [0.15, 0.2) is 0 Å². The molecular formula is C19H15Cl2F5N2O3. The van der Waals surface area contributed by atoms with Crippen LogP contribution in [-0.4, -0.2) is 30.0 Å². The largest absolute Gasteiger partial charge is 0.480 e. The van der Waals surface area contributed by atoms with Crippen LogP contribution in [0, 0.1) is 0 Å². The number of nitrogens with zero attached hydrogens (tertiary/aromatic N) is 1. The van der Waals surface area contributed by atoms with Crippen molar-refractivity contribution in [3.63, 3.8) is 0 Å². The predicted octanol–water partition coefficient (Wildman–Crippen LogP) is 5.78. The van der Waals surface area contributed by atoms with Gasteiger partial charge in [-0.1, -0.05) is 47.5 Å². The van der Waals surface area contributed by atoms with Crippen LogP contribution in [0.15, 0.2) is 53.5 Å². The number of carbonyl (C=O) groups is 1. The van der Waals surface area contributed by atoms with Crippen molar-refractivity contribution in [2.24, 2.45) is 4.99 Å². The van der Waals surface area contributed by atoms with Gasteiger partial charge in [0.25, 0.3) is 0 Å². The Hall–Kier alpha value is -2.59. The van der Waals surface area contributed by atoms with E-state index in [0.717, 1.165) is 19.2 Å². The molecule has 0 aromatic heterocycles. The topological polar surface area (TPSA) is 59.9 Å². The molecule has 2 amide bonds. The van der Waals surface area contributed by atoms with Crippen LogP contribution in [-0.2, 0) is 17.5 Å². The molecule has 5 nitrogen and oxygen atoms in total. The van der Waals surface area contributed by atoms with Crippen molar-refractivity contribution < 1.29 is 36.2 Å². The summed E-state index contributed by atoms with van der Waals surface area (Å²) < 4.78 is 75.4. The number of carbonyl (C=O) groups excluding carboxylic acids is 1. The van der Waals surface area contributed by atoms with Gasteiger partial charge in [-0.05, 0) is 29.8 Å². The van der Waals surface area contributed by atoms with Gasteiger partial charge in [-0.25, -0.2) is 4.79 Å². The van der Waals surface area contributed by atoms with Gasteiger partial charge in [0.1, 0.15) is 5.75 Å². The van der Waals surface area contributed by atoms with E-state index in [1.165, 1.54) is 36.4 Å². The molecule has 0 heterocycles. The quantitative estimate of drug-likeness (QED) is 0.244. The first kappa shape index (κ1) is 24.7. The number of aliphatic imine (C=N–C) groups is 1. The summed E-state index contributed by atoms with van der Waals surface area (Å²) in [6.45, 7) is -0.0927. The summed E-state index contributed by atoms with van der Waals surface area (Å²) in [5.41, 5.74) is -0.930. The molecule has 0 bridgehead atoms. The van der Waals surface area contributed by atoms with Crippen LogP contribution in [0.3, 0.4) is 0 Å². The summed E-state index contributed by atoms with van der Waals surface area (Å²) >= 11 is 10.3. The fraction of sp³-hybridized carbons (Fsp3) is 0.263. The molecule has 0 aliphatic carbocycles. The van der Waals surface area contributed by atoms with E-state index in [-0.39, 0.29) is 12.3 Å². The number of benzene rings is 2. The Labute approximate surface area is 183 Å². The van der Waals surface area contributed by atoms with Gasteiger partial charge in [-0.3, -0.25) is 0 Å². The number of ether oxygens (including phenoxy) is 2. The van der Waals surface area contributed by atoms with E-state index in [0.29, 0.717) is 5.56 Å². The number of rotatable bonds is 6. The van der Waals surface area contributed by atoms with Crippen molar-refractivity contribution in [1.82, 2.24) is 5.32 Å². The van der Waals surface area contributed by atoms with Crippen molar-refractivity contribution in [3.8, 4) is 5.75 Å². The number of hydrogen-bond donors (Lipinski definition) is 1. The molecule has 2 rings (SSSR count). The number of alkyl halides is 7. The zero-order valence-corrected chi connectivity index (χ0v) is 17.2. The molecule has 12 heteroatoms. The highest BCUT2D eigenvalue weighted by molar-refractivity contribution is 6.44. The monoisotopic (exact) mass is 484 g/mol. The normalized spacial score (nSPS) is 12.6. The maximum atomic E-state index is 13.3. The van der Waals surface area contributed by atoms with E-state index in [1.807, 2.05) is 0 Å². The van der Waals surface area contributed by atoms with Gasteiger partial charge in [-0.2, -0.15) is 26.9 Å². The third kappa shape index (κ3) is 6.96. The number of nitrogens with one attached hydrogen (secondary N) is 1. The summed E-state index contributed by atoms with van der Waals surface area (Å²) in [6.07, 6.45) is -8.46. The molecule has 0 saturated carbocycles. The summed E-state index contributed by atoms with van der Waals surface area (Å²) in [5, 5.41) is 2.36. The van der Waals surface area contributed by atoms with Crippen molar-refractivity contribution in [3.05, 3.63) is 65.2 Å². The van der Waals surface area contributed by atoms with Crippen LogP contribution in [0.2, 0.25) is 0 Å². The zero-order valence-electron chi connectivity index (χ0n) is 15.7. The molecule has 0 aliphatic heterocycles. The number of urea groups is 1. The minimum Gasteiger partial charge on any atom is -0.480 e. The Morgan fingerprint density at radius 1 is 1.06 bits per heavy atom. The van der Waals surface area contributed by atoms with Crippen molar-refractivity contribution >= 4 is 35.1 Å². The molecule has 0 aliphatic rings. The lowest BCUT2D eigenvalue weighted by Crippen LogP contribution is -2.32. The molecule has 0 spiro atoms. The fourth-order valence-corrected chi connectivity index (χ4v) is 2.41. The Morgan fingerprint density at radius 3 is 2.23 bits per heavy atom. The van der Waals surface area contributed by atoms with Crippen LogP contribution in [0.25, 0.3) is 0 Å². The second-order valence-electron chi connectivity index (χ2n) is 5.93. The molecule has 31 heavy (non-hydrogen) atoms. The first-order valence-corrected chi connectivity index (χ1v) is 9.32. The Bertz CT molecular complexity index is 935. The van der Waals surface area contributed by atoms with Gasteiger partial charge in [0.05, 0.1) is 12.7 Å². The third-order valence-electron chi connectivity index (χ3n) is 3.73. The van der Waals surface area contributed by atoms with E-state index < -0.39 is 40.2 Å². The second kappa shape index (κ2) is 10.1. The van der Waals surface area contributed by atoms with Gasteiger partial charge < -0.3 is 14.8 Å². The van der Waals surface area contributed by atoms with Crippen molar-refractivity contribution in [2.45, 2.75) is 23.7 Å². The van der Waals surface area contributed by atoms with E-state index in [2.05, 4.69) is 15.0 Å². The summed E-state index contributed by atoms with van der Waals surface area (Å²) in [6, 6.07) is 8.71. The minimum absolute atomic E-state index is 0.0927. The number of amides is 2. The van der Waals surface area contributed by atoms with Gasteiger partial charge in [0.2, 0.25) is 10.7 Å². The molecule has 0 fully saturated rings. The van der Waals surface area contributed by atoms with Gasteiger partial charge >= 0.3 is 18.3 Å². The third-order valence-corrected chi connectivity index (χ3v) is 4.24. The minimum atomic E-state index is -4.67. The van der Waals surface area contributed by atoms with Gasteiger partial charge in [-0.15, -0.1) is 0 Å². The number of methoxy groups -OCH3 is 1. The Kier molecular flexibility index (Phi) is 8.08. The van der Waals surface area contributed by atoms with Crippen LogP contribution in [0.4, 0.5) is 26.7 Å². The zero-order chi connectivity index (χ0) is 23.2. The van der Waals surface area contributed by atoms with Crippen LogP contribution in [0.1, 0.15) is 16.7 Å². The average Bonchev–Trinajstić information content (AvgIpc) is 2.70. The Morgan fingerprint density at radius 2 is 1.68 bits per heavy atom. The van der Waals surface area contributed by atoms with Gasteiger partial charge in [0, 0.05) is 12.1 Å². The molecule has 168 valence electrons. The van der Waals surface area contributed by atoms with Crippen molar-refractivity contribution in [1.29, 1.82) is 0 Å². The predicted molar refractivity (Wildman–Crippen MR) is 105 cm³/mol. The first-order chi connectivity index (χ1) is 14.4. The van der Waals surface area contributed by atoms with Crippen molar-refractivity contribution in [2.75, 3.05) is 7.11 Å². The molecule has 0 saturated heterocycles. The highest BCUT2D eigenvalue weighted by Crippen LogP contribution is 2.32. The number of halogens is 7. The SMILES string of the molecule is COC(=NC(=O)NCc1ccc(OC(F)(F)C(Cl)Cl)cc1)c1ccccc1C(F)(F)F. The van der Waals surface area contributed by atoms with E-state index in [9.17, 15) is 26.7 Å². The van der Waals surface area contributed by atoms with E-state index >= 15 is 0 Å². The van der Waals surface area contributed by atoms with Crippen LogP contribution >= 0.6 is 23.2 Å². The first-order valence-electron chi connectivity index (χ1n) is 8.45. The van der Waals surface area contributed by atoms with E-state index in [4.69, 9.17) is 27.9 Å². The van der Waals surface area contributed by atoms with E-state index in [1.54, 1.807) is 0 Å². The lowest BCUT2D eigenvalue weighted by molar-refractivity contribution is -0.163. The highest BCUT2D eigenvalue weighted by atomic mass is 35.5. The lowest BCUT2D eigenvalue weighted by atomic mass is 10.1. The highest BCUT2D eigenvalue weighted by Gasteiger charge is 2.40. The maximum absolute atomic E-state index is 13.3. The van der Waals surface area contributed by atoms with Crippen LogP contribution < -0.4 is 10.1 Å². The molecule has 2 aromatic carbocycles. The molecule has 1 N–H and O–H groups in total. The maximum Gasteiger partial charge on any atom is 0.428 e. The van der Waals surface area contributed by atoms with Crippen LogP contribution in [0.5, 0.6) is 5.75 Å². The standard InChI is InChI=1S/C19H15Cl2F5N2O3/c1-30-15(13-4-2-3-5-14(13)18(22,23)24)28-17(29)27-10-11-6-8-12(9-7-11)31-19(25,26)16(20)21/h2-9,16H,10H2,1H3,(H,27,29). The number of hydrogen-bond acceptors (Lipinski definition) is 3. The molecular weight excluding hydrogens is 470 g/mol. The molecule has 2 aromatic rings. The molecule has 0 atom stereocenters. The molecule has 0 radical (unpaired) electrons. The fourth-order valence-electron chi connectivity index (χ4n) is 2.32. The lowest BCUT2D eigenvalue weighted by Gasteiger charge is -2.18.